The number of carboxylic acid groups (broad SMARTS) is 1. The predicted octanol–water partition coefficient (Wildman–Crippen LogP) is 6.23. The van der Waals surface area contributed by atoms with E-state index in [0.29, 0.717) is 12.0 Å². The molecule has 0 radical (unpaired) electrons. The molecule has 25 heavy (non-hydrogen) atoms. The Morgan fingerprint density at radius 2 is 1.96 bits per heavy atom. The van der Waals surface area contributed by atoms with Gasteiger partial charge in [0.15, 0.2) is 11.6 Å². The smallest absolute Gasteiger partial charge is 0.381 e. The van der Waals surface area contributed by atoms with Crippen molar-refractivity contribution in [3.63, 3.8) is 0 Å². The average molecular weight is 428 g/mol. The summed E-state index contributed by atoms with van der Waals surface area (Å²) in [6, 6.07) is 0.863. The van der Waals surface area contributed by atoms with E-state index in [0.717, 1.165) is 38.2 Å². The summed E-state index contributed by atoms with van der Waals surface area (Å²) in [5, 5.41) is 8.67. The van der Waals surface area contributed by atoms with Crippen LogP contribution in [-0.4, -0.2) is 22.8 Å². The van der Waals surface area contributed by atoms with E-state index in [2.05, 4.69) is 6.92 Å². The van der Waals surface area contributed by atoms with Gasteiger partial charge < -0.3 is 9.84 Å². The van der Waals surface area contributed by atoms with Crippen LogP contribution in [0.25, 0.3) is 6.08 Å². The second kappa shape index (κ2) is 11.1. The van der Waals surface area contributed by atoms with Crippen molar-refractivity contribution in [2.24, 2.45) is 0 Å². The minimum Gasteiger partial charge on any atom is -0.486 e. The van der Waals surface area contributed by atoms with Crippen LogP contribution in [0.4, 0.5) is 4.39 Å². The van der Waals surface area contributed by atoms with Crippen molar-refractivity contribution in [2.75, 3.05) is 0 Å². The molecule has 0 bridgehead atoms. The van der Waals surface area contributed by atoms with Gasteiger partial charge in [0.1, 0.15) is 5.73 Å². The van der Waals surface area contributed by atoms with Crippen LogP contribution in [0.15, 0.2) is 24.3 Å². The molecule has 0 aromatic heterocycles. The number of unbranched alkanes of at least 4 members (excludes halogenated alkanes) is 4. The lowest BCUT2D eigenvalue weighted by Crippen LogP contribution is -2.37. The van der Waals surface area contributed by atoms with E-state index in [1.807, 2.05) is 0 Å². The third-order valence-electron chi connectivity index (χ3n) is 3.58. The number of aliphatic carboxylic acids is 1. The first-order chi connectivity index (χ1) is 11.7. The number of rotatable bonds is 11. The van der Waals surface area contributed by atoms with Gasteiger partial charge in [-0.05, 0) is 36.6 Å². The fourth-order valence-electron chi connectivity index (χ4n) is 2.26. The first kappa shape index (κ1) is 22.3. The van der Waals surface area contributed by atoms with Crippen molar-refractivity contribution in [1.29, 1.82) is 0 Å². The van der Waals surface area contributed by atoms with Crippen molar-refractivity contribution >= 4 is 51.3 Å². The topological polar surface area (TPSA) is 46.5 Å². The monoisotopic (exact) mass is 426 g/mol. The van der Waals surface area contributed by atoms with Crippen LogP contribution in [0.1, 0.15) is 51.0 Å². The summed E-state index contributed by atoms with van der Waals surface area (Å²) in [5.41, 5.74) is -0.168. The molecule has 0 saturated heterocycles. The van der Waals surface area contributed by atoms with E-state index in [4.69, 9.17) is 43.1 Å². The molecule has 1 atom stereocenters. The normalized spacial score (nSPS) is 13.2. The van der Waals surface area contributed by atoms with Gasteiger partial charge in [0, 0.05) is 6.08 Å². The largest absolute Gasteiger partial charge is 0.486 e. The van der Waals surface area contributed by atoms with Crippen LogP contribution in [0.2, 0.25) is 0 Å². The first-order valence-electron chi connectivity index (χ1n) is 8.18. The molecule has 0 aliphatic rings. The summed E-state index contributed by atoms with van der Waals surface area (Å²) < 4.78 is 19.7. The highest BCUT2D eigenvalue weighted by atomic mass is 35.8. The zero-order valence-electron chi connectivity index (χ0n) is 14.0. The summed E-state index contributed by atoms with van der Waals surface area (Å²) in [5.74, 6) is -1.71. The molecule has 3 nitrogen and oxygen atoms in total. The fraction of sp³-hybridized carbons (Fsp3) is 0.471. The molecule has 0 amide bonds. The van der Waals surface area contributed by atoms with Crippen molar-refractivity contribution in [2.45, 2.75) is 51.2 Å². The van der Waals surface area contributed by atoms with Gasteiger partial charge in [-0.25, -0.2) is 9.18 Å². The highest BCUT2D eigenvalue weighted by molar-refractivity contribution is 7.65. The average Bonchev–Trinajstić information content (AvgIpc) is 2.52. The number of carboxylic acids is 1. The Kier molecular flexibility index (Phi) is 9.86. The fourth-order valence-corrected chi connectivity index (χ4v) is 4.43. The van der Waals surface area contributed by atoms with Gasteiger partial charge in [-0.3, -0.25) is 0 Å². The number of halogens is 4. The number of benzene rings is 1. The predicted molar refractivity (Wildman–Crippen MR) is 104 cm³/mol. The number of ether oxygens (including phenoxy) is 1. The van der Waals surface area contributed by atoms with E-state index < -0.39 is 23.5 Å². The van der Waals surface area contributed by atoms with E-state index in [-0.39, 0.29) is 5.75 Å². The summed E-state index contributed by atoms with van der Waals surface area (Å²) in [7, 11) is 0. The number of hydrogen-bond donors (Lipinski definition) is 1. The van der Waals surface area contributed by atoms with E-state index in [9.17, 15) is 9.18 Å². The Hall–Kier alpha value is -0.753. The van der Waals surface area contributed by atoms with Crippen LogP contribution in [0.5, 0.6) is 5.75 Å². The molecular weight excluding hydrogens is 406 g/mol. The van der Waals surface area contributed by atoms with E-state index in [1.165, 1.54) is 24.3 Å². The van der Waals surface area contributed by atoms with Crippen LogP contribution in [0.3, 0.4) is 0 Å². The second-order valence-electron chi connectivity index (χ2n) is 5.71. The zero-order valence-corrected chi connectivity index (χ0v) is 17.3. The van der Waals surface area contributed by atoms with Gasteiger partial charge in [-0.1, -0.05) is 38.7 Å². The zero-order chi connectivity index (χ0) is 18.9. The molecule has 1 aromatic carbocycles. The molecule has 0 spiro atoms. The minimum absolute atomic E-state index is 0.0371. The summed E-state index contributed by atoms with van der Waals surface area (Å²) >= 11 is 18.3. The van der Waals surface area contributed by atoms with Gasteiger partial charge in [-0.2, -0.15) is 0 Å². The summed E-state index contributed by atoms with van der Waals surface area (Å²) in [6.07, 6.45) is 8.10. The Bertz CT molecular complexity index is 591. The molecule has 1 unspecified atom stereocenters. The lowest BCUT2D eigenvalue weighted by molar-refractivity contribution is -0.131. The van der Waals surface area contributed by atoms with Crippen LogP contribution >= 0.6 is 33.2 Å². The van der Waals surface area contributed by atoms with Gasteiger partial charge >= 0.3 is 12.0 Å². The lowest BCUT2D eigenvalue weighted by atomic mass is 10.1. The Morgan fingerprint density at radius 1 is 1.28 bits per heavy atom. The molecule has 0 aliphatic heterocycles. The Morgan fingerprint density at radius 3 is 2.56 bits per heavy atom. The van der Waals surface area contributed by atoms with Crippen LogP contribution in [-0.2, 0) is 4.79 Å². The lowest BCUT2D eigenvalue weighted by Gasteiger charge is -2.24. The minimum atomic E-state index is -3.20. The quantitative estimate of drug-likeness (QED) is 0.197. The highest BCUT2D eigenvalue weighted by Crippen LogP contribution is 2.32. The van der Waals surface area contributed by atoms with Crippen molar-refractivity contribution < 1.29 is 19.0 Å². The third kappa shape index (κ3) is 8.95. The first-order valence-corrected chi connectivity index (χ1v) is 13.3. The number of hydrogen-bond acceptors (Lipinski definition) is 2. The van der Waals surface area contributed by atoms with Crippen LogP contribution in [0, 0.1) is 5.82 Å². The molecule has 0 fully saturated rings. The van der Waals surface area contributed by atoms with E-state index >= 15 is 0 Å². The van der Waals surface area contributed by atoms with Gasteiger partial charge in [0.2, 0.25) is 0 Å². The number of carbonyl (C=O) groups is 1. The van der Waals surface area contributed by atoms with Crippen LogP contribution < -0.4 is 4.74 Å². The van der Waals surface area contributed by atoms with Crippen molar-refractivity contribution in [3.8, 4) is 5.75 Å². The summed E-state index contributed by atoms with van der Waals surface area (Å²) in [4.78, 5) is 10.6. The molecule has 8 heteroatoms. The Labute approximate surface area is 162 Å². The molecular formula is C17H22Cl3FO3Si. The van der Waals surface area contributed by atoms with Gasteiger partial charge in [0.05, 0.1) is 0 Å². The molecule has 1 rings (SSSR count). The molecule has 0 heterocycles. The van der Waals surface area contributed by atoms with Crippen molar-refractivity contribution in [3.05, 3.63) is 35.7 Å². The highest BCUT2D eigenvalue weighted by Gasteiger charge is 2.39. The molecule has 0 saturated carbocycles. The maximum Gasteiger partial charge on any atom is 0.381 e. The standard InChI is InChI=1S/C17H22Cl3FO3Si/c1-2-3-4-5-6-7-17(25(18,19)20)24-15-12-13(8-10-14(15)21)9-11-16(22)23/h8-12,17H,2-7H2,1H3,(H,22,23)/b11-9+. The van der Waals surface area contributed by atoms with E-state index in [1.54, 1.807) is 0 Å². The van der Waals surface area contributed by atoms with Gasteiger partial charge in [0.25, 0.3) is 0 Å². The SMILES string of the molecule is CCCCCCCC(Oc1cc(/C=C/C(=O)O)ccc1F)[Si](Cl)(Cl)Cl. The molecule has 140 valence electrons. The maximum absolute atomic E-state index is 14.0. The van der Waals surface area contributed by atoms with Crippen molar-refractivity contribution in [1.82, 2.24) is 0 Å². The molecule has 1 aromatic rings. The molecule has 1 N–H and O–H groups in total. The second-order valence-corrected chi connectivity index (χ2v) is 14.5. The Balaban J connectivity index is 2.81. The third-order valence-corrected chi connectivity index (χ3v) is 6.91. The summed E-state index contributed by atoms with van der Waals surface area (Å²) in [6.45, 7) is 2.13. The maximum atomic E-state index is 14.0. The van der Waals surface area contributed by atoms with Gasteiger partial charge in [-0.15, -0.1) is 33.2 Å². The molecule has 0 aliphatic carbocycles.